The minimum atomic E-state index is -1.30. The van der Waals surface area contributed by atoms with Crippen LogP contribution in [0.15, 0.2) is 90.3 Å². The van der Waals surface area contributed by atoms with Crippen molar-refractivity contribution in [2.75, 3.05) is 10.2 Å². The Kier molecular flexibility index (Phi) is 6.51. The van der Waals surface area contributed by atoms with Crippen LogP contribution in [0, 0.1) is 18.8 Å². The molecule has 3 aliphatic rings. The molecule has 0 radical (unpaired) electrons. The van der Waals surface area contributed by atoms with E-state index in [1.54, 1.807) is 0 Å². The monoisotopic (exact) mass is 586 g/mol. The second-order valence-electron chi connectivity index (χ2n) is 12.5. The lowest BCUT2D eigenvalue weighted by atomic mass is 9.64. The Hall–Kier alpha value is -4.29. The molecule has 43 heavy (non-hydrogen) atoms. The molecule has 0 aliphatic carbocycles. The van der Waals surface area contributed by atoms with Gasteiger partial charge in [-0.1, -0.05) is 80.1 Å². The molecular weight excluding hydrogens is 552 g/mol. The number of nitrogens with one attached hydrogen (secondary N) is 1. The van der Waals surface area contributed by atoms with Crippen molar-refractivity contribution in [2.45, 2.75) is 51.6 Å². The van der Waals surface area contributed by atoms with Crippen LogP contribution < -0.4 is 10.2 Å². The molecule has 1 saturated heterocycles. The van der Waals surface area contributed by atoms with Gasteiger partial charge in [0.15, 0.2) is 11.6 Å². The van der Waals surface area contributed by atoms with E-state index >= 15 is 0 Å². The predicted octanol–water partition coefficient (Wildman–Crippen LogP) is 7.50. The van der Waals surface area contributed by atoms with E-state index in [1.807, 2.05) is 78.2 Å². The Balaban J connectivity index is 1.50. The molecule has 4 heterocycles. The molecular formula is C37H34N2O3S. The van der Waals surface area contributed by atoms with Crippen molar-refractivity contribution in [3.8, 4) is 0 Å². The van der Waals surface area contributed by atoms with E-state index in [9.17, 15) is 14.4 Å². The van der Waals surface area contributed by atoms with Crippen LogP contribution in [0.2, 0.25) is 0 Å². The molecule has 1 N–H and O–H groups in total. The van der Waals surface area contributed by atoms with Crippen LogP contribution in [0.25, 0.3) is 5.57 Å². The molecule has 0 bridgehead atoms. The van der Waals surface area contributed by atoms with Gasteiger partial charge in [-0.25, -0.2) is 0 Å². The number of carbonyl (C=O) groups excluding carboxylic acids is 3. The Bertz CT molecular complexity index is 1800. The smallest absolute Gasteiger partial charge is 0.238 e. The first-order valence-electron chi connectivity index (χ1n) is 14.9. The Morgan fingerprint density at radius 1 is 0.953 bits per heavy atom. The van der Waals surface area contributed by atoms with E-state index in [-0.39, 0.29) is 17.5 Å². The average Bonchev–Trinajstić information content (AvgIpc) is 3.70. The summed E-state index contributed by atoms with van der Waals surface area (Å²) in [5, 5.41) is 5.00. The van der Waals surface area contributed by atoms with Gasteiger partial charge < -0.3 is 10.2 Å². The molecule has 5 nitrogen and oxygen atoms in total. The first-order valence-corrected chi connectivity index (χ1v) is 15.8. The van der Waals surface area contributed by atoms with Crippen LogP contribution in [-0.2, 0) is 16.6 Å². The fourth-order valence-corrected chi connectivity index (χ4v) is 8.26. The molecule has 1 aromatic heterocycles. The third kappa shape index (κ3) is 4.07. The van der Waals surface area contributed by atoms with Crippen LogP contribution in [-0.4, -0.2) is 29.6 Å². The number of benzene rings is 3. The van der Waals surface area contributed by atoms with Crippen LogP contribution in [0.5, 0.6) is 0 Å². The maximum Gasteiger partial charge on any atom is 0.238 e. The number of nitrogens with zero attached hydrogens (tertiary/aromatic N) is 1. The molecule has 4 aromatic rings. The van der Waals surface area contributed by atoms with E-state index in [2.05, 4.69) is 50.1 Å². The number of anilines is 2. The number of aryl methyl sites for hydroxylation is 1. The van der Waals surface area contributed by atoms with Gasteiger partial charge in [0.2, 0.25) is 5.91 Å². The molecule has 1 spiro atoms. The summed E-state index contributed by atoms with van der Waals surface area (Å²) >= 11 is 1.37. The molecule has 4 atom stereocenters. The van der Waals surface area contributed by atoms with Crippen molar-refractivity contribution in [1.29, 1.82) is 0 Å². The highest BCUT2D eigenvalue weighted by Gasteiger charge is 2.70. The summed E-state index contributed by atoms with van der Waals surface area (Å²) in [5.41, 5.74) is 5.88. The number of thiophene rings is 1. The number of rotatable bonds is 6. The number of carbonyl (C=O) groups is 3. The summed E-state index contributed by atoms with van der Waals surface area (Å²) in [5.74, 6) is -1.03. The number of ketones is 2. The topological polar surface area (TPSA) is 66.5 Å². The maximum absolute atomic E-state index is 15.0. The fourth-order valence-electron chi connectivity index (χ4n) is 7.57. The van der Waals surface area contributed by atoms with Gasteiger partial charge in [0, 0.05) is 22.5 Å². The fraction of sp³-hybridized carbons (Fsp3) is 0.270. The van der Waals surface area contributed by atoms with Crippen LogP contribution in [0.1, 0.15) is 63.1 Å². The first-order chi connectivity index (χ1) is 20.7. The van der Waals surface area contributed by atoms with Crippen molar-refractivity contribution in [1.82, 2.24) is 0 Å². The zero-order valence-electron chi connectivity index (χ0n) is 24.8. The zero-order valence-corrected chi connectivity index (χ0v) is 25.6. The normalized spacial score (nSPS) is 23.6. The van der Waals surface area contributed by atoms with Crippen molar-refractivity contribution in [2.24, 2.45) is 11.8 Å². The van der Waals surface area contributed by atoms with Crippen molar-refractivity contribution < 1.29 is 14.4 Å². The summed E-state index contributed by atoms with van der Waals surface area (Å²) in [7, 11) is 0. The van der Waals surface area contributed by atoms with Crippen LogP contribution >= 0.6 is 11.3 Å². The van der Waals surface area contributed by atoms with E-state index in [0.29, 0.717) is 22.0 Å². The highest BCUT2D eigenvalue weighted by atomic mass is 32.1. The third-order valence-electron chi connectivity index (χ3n) is 9.33. The minimum absolute atomic E-state index is 0.136. The summed E-state index contributed by atoms with van der Waals surface area (Å²) in [6, 6.07) is 23.9. The highest BCUT2D eigenvalue weighted by Crippen LogP contribution is 2.59. The molecule has 3 aliphatic heterocycles. The molecule has 1 amide bonds. The standard InChI is InChI=1S/C37H34N2O3S/c1-21(2)18-24-12-14-25(15-13-24)34(40)32-33(35(41)30-10-7-17-43-30)39-29-16-11-22(3)19-26(29)23(4)20-31(39)37(32)27-8-5-6-9-28(27)38-36(37)42/h5-17,19-21,31-33H,18H2,1-4H3,(H,38,42)/t31-,32-,33+,37-/m1/s1. The number of para-hydroxylation sites is 1. The van der Waals surface area contributed by atoms with Gasteiger partial charge in [-0.3, -0.25) is 14.4 Å². The Morgan fingerprint density at radius 2 is 1.72 bits per heavy atom. The predicted molar refractivity (Wildman–Crippen MR) is 173 cm³/mol. The molecule has 216 valence electrons. The first kappa shape index (κ1) is 27.5. The lowest BCUT2D eigenvalue weighted by molar-refractivity contribution is -0.121. The van der Waals surface area contributed by atoms with Gasteiger partial charge in [0.25, 0.3) is 0 Å². The zero-order chi connectivity index (χ0) is 30.0. The number of fused-ring (bicyclic) bond motifs is 6. The number of hydrogen-bond acceptors (Lipinski definition) is 5. The summed E-state index contributed by atoms with van der Waals surface area (Å²) in [4.78, 5) is 46.9. The van der Waals surface area contributed by atoms with Gasteiger partial charge in [0.05, 0.1) is 16.8 Å². The lowest BCUT2D eigenvalue weighted by Crippen LogP contribution is -2.51. The van der Waals surface area contributed by atoms with E-state index in [1.165, 1.54) is 11.3 Å². The quantitative estimate of drug-likeness (QED) is 0.238. The number of hydrogen-bond donors (Lipinski definition) is 1. The molecule has 1 fully saturated rings. The van der Waals surface area contributed by atoms with Crippen molar-refractivity contribution in [3.05, 3.63) is 123 Å². The summed E-state index contributed by atoms with van der Waals surface area (Å²) in [6.07, 6.45) is 3.02. The Labute approximate surface area is 256 Å². The third-order valence-corrected chi connectivity index (χ3v) is 10.2. The van der Waals surface area contributed by atoms with Gasteiger partial charge in [-0.15, -0.1) is 11.3 Å². The van der Waals surface area contributed by atoms with Gasteiger partial charge >= 0.3 is 0 Å². The number of Topliss-reactive ketones (excluding diaryl/α,β-unsaturated/α-hetero) is 2. The van der Waals surface area contributed by atoms with Gasteiger partial charge in [-0.05, 0) is 72.5 Å². The Morgan fingerprint density at radius 3 is 2.44 bits per heavy atom. The van der Waals surface area contributed by atoms with E-state index in [4.69, 9.17) is 0 Å². The maximum atomic E-state index is 15.0. The molecule has 3 aromatic carbocycles. The highest BCUT2D eigenvalue weighted by molar-refractivity contribution is 7.12. The SMILES string of the molecule is CC1=C[C@H]2N(c3ccc(C)cc31)[C@H](C(=O)c1cccs1)[C@H](C(=O)c1ccc(CC(C)C)cc1)[C@]21C(=O)Nc2ccccc21. The van der Waals surface area contributed by atoms with E-state index < -0.39 is 23.4 Å². The number of allylic oxidation sites excluding steroid dienone is 1. The summed E-state index contributed by atoms with van der Waals surface area (Å²) < 4.78 is 0. The van der Waals surface area contributed by atoms with Crippen LogP contribution in [0.3, 0.4) is 0 Å². The van der Waals surface area contributed by atoms with Crippen molar-refractivity contribution in [3.63, 3.8) is 0 Å². The van der Waals surface area contributed by atoms with Gasteiger partial charge in [0.1, 0.15) is 11.5 Å². The minimum Gasteiger partial charge on any atom is -0.352 e. The molecule has 7 rings (SSSR count). The summed E-state index contributed by atoms with van der Waals surface area (Å²) in [6.45, 7) is 8.45. The van der Waals surface area contributed by atoms with Crippen molar-refractivity contribution >= 4 is 45.8 Å². The molecule has 6 heteroatoms. The molecule has 0 saturated carbocycles. The lowest BCUT2D eigenvalue weighted by Gasteiger charge is -2.39. The second kappa shape index (κ2) is 10.2. The largest absolute Gasteiger partial charge is 0.352 e. The second-order valence-corrected chi connectivity index (χ2v) is 13.5. The van der Waals surface area contributed by atoms with E-state index in [0.717, 1.165) is 39.9 Å². The average molecular weight is 587 g/mol. The van der Waals surface area contributed by atoms with Gasteiger partial charge in [-0.2, -0.15) is 0 Å². The molecule has 0 unspecified atom stereocenters. The van der Waals surface area contributed by atoms with Crippen LogP contribution in [0.4, 0.5) is 11.4 Å². The number of amides is 1.